The molecule has 126 valence electrons. The van der Waals surface area contributed by atoms with Gasteiger partial charge in [0.25, 0.3) is 5.91 Å². The first-order chi connectivity index (χ1) is 10.8. The number of benzene rings is 1. The molecular weight excluding hydrogens is 341 g/mol. The first-order valence-electron chi connectivity index (χ1n) is 6.79. The zero-order chi connectivity index (χ0) is 16.8. The summed E-state index contributed by atoms with van der Waals surface area (Å²) < 4.78 is 39.4. The fraction of sp³-hybridized carbons (Fsp3) is 0.267. The summed E-state index contributed by atoms with van der Waals surface area (Å²) in [4.78, 5) is 13.9. The zero-order valence-corrected chi connectivity index (χ0v) is 13.5. The first kappa shape index (κ1) is 17.9. The van der Waals surface area contributed by atoms with Crippen molar-refractivity contribution in [1.29, 1.82) is 5.26 Å². The minimum absolute atomic E-state index is 0. The molecule has 0 aliphatic carbocycles. The molecule has 0 spiro atoms. The van der Waals surface area contributed by atoms with Gasteiger partial charge in [0, 0.05) is 12.2 Å². The Morgan fingerprint density at radius 1 is 1.29 bits per heavy atom. The van der Waals surface area contributed by atoms with Gasteiger partial charge >= 0.3 is 6.18 Å². The molecule has 1 aromatic carbocycles. The van der Waals surface area contributed by atoms with Gasteiger partial charge in [-0.1, -0.05) is 0 Å². The molecule has 2 aromatic rings. The van der Waals surface area contributed by atoms with Crippen molar-refractivity contribution in [2.75, 3.05) is 11.4 Å². The summed E-state index contributed by atoms with van der Waals surface area (Å²) in [5, 5.41) is 13.1. The molecule has 5 nitrogen and oxygen atoms in total. The molecule has 1 aliphatic rings. The average molecular weight is 354 g/mol. The molecule has 0 N–H and O–H groups in total. The topological polar surface area (TPSA) is 61.9 Å². The highest BCUT2D eigenvalue weighted by atomic mass is 32.1. The summed E-state index contributed by atoms with van der Waals surface area (Å²) >= 11 is 0. The Balaban J connectivity index is 0.00000208. The number of carbonyl (C=O) groups excluding carboxylic acids is 1. The van der Waals surface area contributed by atoms with Crippen molar-refractivity contribution in [3.05, 3.63) is 47.3 Å². The summed E-state index contributed by atoms with van der Waals surface area (Å²) in [6.45, 7) is 2.09. The Bertz CT molecular complexity index is 808. The standard InChI is InChI=1S/C15H11F3N4O.H2S/c1-9-8-21(12-4-2-11(3-5-12)15(16,17)18)14(23)13-10(6-19)7-20-22(9)13;/h2-5,7,9H,8H2,1H3;1H2/t9-;/m0./s1. The molecule has 9 heteroatoms. The van der Waals surface area contributed by atoms with Crippen LogP contribution in [0.25, 0.3) is 0 Å². The second-order valence-corrected chi connectivity index (χ2v) is 5.27. The lowest BCUT2D eigenvalue weighted by molar-refractivity contribution is -0.137. The van der Waals surface area contributed by atoms with E-state index in [2.05, 4.69) is 5.10 Å². The van der Waals surface area contributed by atoms with Gasteiger partial charge < -0.3 is 4.90 Å². The van der Waals surface area contributed by atoms with Crippen molar-refractivity contribution in [2.24, 2.45) is 0 Å². The maximum Gasteiger partial charge on any atom is 0.416 e. The van der Waals surface area contributed by atoms with Crippen molar-refractivity contribution >= 4 is 25.1 Å². The summed E-state index contributed by atoms with van der Waals surface area (Å²) in [6.07, 6.45) is -3.11. The number of carbonyl (C=O) groups is 1. The molecule has 0 saturated carbocycles. The Morgan fingerprint density at radius 3 is 2.46 bits per heavy atom. The summed E-state index contributed by atoms with van der Waals surface area (Å²) in [6, 6.07) is 6.10. The Morgan fingerprint density at radius 2 is 1.92 bits per heavy atom. The van der Waals surface area contributed by atoms with Crippen LogP contribution >= 0.6 is 13.5 Å². The number of nitriles is 1. The van der Waals surface area contributed by atoms with Gasteiger partial charge in [-0.15, -0.1) is 0 Å². The van der Waals surface area contributed by atoms with E-state index in [0.29, 0.717) is 5.69 Å². The van der Waals surface area contributed by atoms with Crippen LogP contribution in [0.5, 0.6) is 0 Å². The second-order valence-electron chi connectivity index (χ2n) is 5.27. The minimum Gasteiger partial charge on any atom is -0.305 e. The number of halogens is 3. The summed E-state index contributed by atoms with van der Waals surface area (Å²) in [5.74, 6) is -0.447. The maximum absolute atomic E-state index is 12.6. The van der Waals surface area contributed by atoms with Crippen LogP contribution in [0.15, 0.2) is 30.5 Å². The molecule has 1 amide bonds. The smallest absolute Gasteiger partial charge is 0.305 e. The molecule has 0 fully saturated rings. The molecular formula is C15H13F3N4OS. The first-order valence-corrected chi connectivity index (χ1v) is 6.79. The van der Waals surface area contributed by atoms with Gasteiger partial charge in [-0.2, -0.15) is 37.0 Å². The lowest BCUT2D eigenvalue weighted by Crippen LogP contribution is -2.43. The summed E-state index contributed by atoms with van der Waals surface area (Å²) in [7, 11) is 0. The maximum atomic E-state index is 12.6. The lowest BCUT2D eigenvalue weighted by atomic mass is 10.1. The fourth-order valence-electron chi connectivity index (χ4n) is 2.60. The Labute approximate surface area is 142 Å². The largest absolute Gasteiger partial charge is 0.416 e. The average Bonchev–Trinajstić information content (AvgIpc) is 2.95. The number of alkyl halides is 3. The fourth-order valence-corrected chi connectivity index (χ4v) is 2.60. The number of hydrogen-bond acceptors (Lipinski definition) is 3. The molecule has 1 aliphatic heterocycles. The molecule has 1 aromatic heterocycles. The van der Waals surface area contributed by atoms with Crippen LogP contribution < -0.4 is 4.90 Å². The molecule has 1 atom stereocenters. The SMILES string of the molecule is C[C@H]1CN(c2ccc(C(F)(F)F)cc2)C(=O)c2c(C#N)cnn21.S. The predicted octanol–water partition coefficient (Wildman–Crippen LogP) is 3.11. The van der Waals surface area contributed by atoms with E-state index in [0.717, 1.165) is 12.1 Å². The highest BCUT2D eigenvalue weighted by molar-refractivity contribution is 7.59. The van der Waals surface area contributed by atoms with Crippen LogP contribution in [-0.2, 0) is 6.18 Å². The van der Waals surface area contributed by atoms with Gasteiger partial charge in [0.15, 0.2) is 0 Å². The number of aromatic nitrogens is 2. The van der Waals surface area contributed by atoms with Crippen molar-refractivity contribution in [1.82, 2.24) is 9.78 Å². The van der Waals surface area contributed by atoms with Crippen LogP contribution in [0.1, 0.15) is 34.6 Å². The third-order valence-electron chi connectivity index (χ3n) is 3.73. The molecule has 0 bridgehead atoms. The normalized spacial score (nSPS) is 17.0. The molecule has 0 unspecified atom stereocenters. The van der Waals surface area contributed by atoms with E-state index in [1.807, 2.05) is 13.0 Å². The van der Waals surface area contributed by atoms with E-state index in [1.54, 1.807) is 0 Å². The molecule has 0 radical (unpaired) electrons. The highest BCUT2D eigenvalue weighted by Gasteiger charge is 2.34. The van der Waals surface area contributed by atoms with Gasteiger partial charge in [-0.3, -0.25) is 9.48 Å². The van der Waals surface area contributed by atoms with Gasteiger partial charge in [0.2, 0.25) is 0 Å². The molecule has 0 saturated heterocycles. The van der Waals surface area contributed by atoms with Crippen molar-refractivity contribution in [2.45, 2.75) is 19.1 Å². The molecule has 2 heterocycles. The number of amides is 1. The lowest BCUT2D eigenvalue weighted by Gasteiger charge is -2.32. The Hall–Kier alpha value is -2.47. The van der Waals surface area contributed by atoms with E-state index in [-0.39, 0.29) is 37.3 Å². The van der Waals surface area contributed by atoms with Gasteiger partial charge in [0.05, 0.1) is 17.8 Å². The number of anilines is 1. The van der Waals surface area contributed by atoms with Crippen LogP contribution in [-0.4, -0.2) is 22.2 Å². The van der Waals surface area contributed by atoms with Crippen LogP contribution in [0.2, 0.25) is 0 Å². The van der Waals surface area contributed by atoms with E-state index in [4.69, 9.17) is 5.26 Å². The number of fused-ring (bicyclic) bond motifs is 1. The summed E-state index contributed by atoms with van der Waals surface area (Å²) in [5.41, 5.74) is -0.114. The number of hydrogen-bond donors (Lipinski definition) is 0. The predicted molar refractivity (Wildman–Crippen MR) is 85.2 cm³/mol. The number of rotatable bonds is 1. The van der Waals surface area contributed by atoms with Crippen molar-refractivity contribution in [3.63, 3.8) is 0 Å². The van der Waals surface area contributed by atoms with Crippen LogP contribution in [0.4, 0.5) is 18.9 Å². The van der Waals surface area contributed by atoms with Gasteiger partial charge in [-0.05, 0) is 31.2 Å². The third-order valence-corrected chi connectivity index (χ3v) is 3.73. The van der Waals surface area contributed by atoms with Gasteiger partial charge in [-0.25, -0.2) is 0 Å². The van der Waals surface area contributed by atoms with Gasteiger partial charge in [0.1, 0.15) is 17.3 Å². The van der Waals surface area contributed by atoms with Crippen LogP contribution in [0, 0.1) is 11.3 Å². The minimum atomic E-state index is -4.43. The Kier molecular flexibility index (Phi) is 4.62. The van der Waals surface area contributed by atoms with E-state index >= 15 is 0 Å². The molecule has 24 heavy (non-hydrogen) atoms. The van der Waals surface area contributed by atoms with E-state index in [9.17, 15) is 18.0 Å². The van der Waals surface area contributed by atoms with E-state index < -0.39 is 17.6 Å². The second kappa shape index (κ2) is 6.20. The number of nitrogens with zero attached hydrogens (tertiary/aromatic N) is 4. The van der Waals surface area contributed by atoms with Crippen molar-refractivity contribution < 1.29 is 18.0 Å². The third kappa shape index (κ3) is 2.85. The molecule has 3 rings (SSSR count). The zero-order valence-electron chi connectivity index (χ0n) is 12.5. The quantitative estimate of drug-likeness (QED) is 0.791. The monoisotopic (exact) mass is 354 g/mol. The van der Waals surface area contributed by atoms with Crippen molar-refractivity contribution in [3.8, 4) is 6.07 Å². The van der Waals surface area contributed by atoms with E-state index in [1.165, 1.54) is 27.9 Å². The van der Waals surface area contributed by atoms with Crippen LogP contribution in [0.3, 0.4) is 0 Å². The highest BCUT2D eigenvalue weighted by Crippen LogP contribution is 2.32.